The quantitative estimate of drug-likeness (QED) is 0.474. The van der Waals surface area contributed by atoms with Crippen molar-refractivity contribution in [2.24, 2.45) is 11.8 Å². The summed E-state index contributed by atoms with van der Waals surface area (Å²) in [5.41, 5.74) is 0.0869. The van der Waals surface area contributed by atoms with Gasteiger partial charge in [0.05, 0.1) is 5.02 Å². The topological polar surface area (TPSA) is 121 Å². The molecule has 0 unspecified atom stereocenters. The summed E-state index contributed by atoms with van der Waals surface area (Å²) in [5.74, 6) is 0.0668. The lowest BCUT2D eigenvalue weighted by molar-refractivity contribution is -0.135. The van der Waals surface area contributed by atoms with Crippen molar-refractivity contribution in [3.8, 4) is 0 Å². The number of carbonyl (C=O) groups excluding carboxylic acids is 2. The van der Waals surface area contributed by atoms with Crippen molar-refractivity contribution >= 4 is 41.5 Å². The van der Waals surface area contributed by atoms with Crippen LogP contribution >= 0.6 is 11.6 Å². The van der Waals surface area contributed by atoms with Crippen LogP contribution in [0.4, 0.5) is 10.6 Å². The minimum absolute atomic E-state index is 0.0218. The van der Waals surface area contributed by atoms with Crippen LogP contribution in [0.5, 0.6) is 0 Å². The zero-order valence-corrected chi connectivity index (χ0v) is 21.3. The van der Waals surface area contributed by atoms with E-state index >= 15 is 0 Å². The Kier molecular flexibility index (Phi) is 8.99. The highest BCUT2D eigenvalue weighted by atomic mass is 35.5. The highest BCUT2D eigenvalue weighted by Gasteiger charge is 2.33. The average Bonchev–Trinajstić information content (AvgIpc) is 3.25. The molecule has 9 nitrogen and oxygen atoms in total. The summed E-state index contributed by atoms with van der Waals surface area (Å²) in [6.07, 6.45) is 7.90. The molecule has 10 heteroatoms. The van der Waals surface area contributed by atoms with E-state index in [1.165, 1.54) is 6.08 Å². The van der Waals surface area contributed by atoms with E-state index in [9.17, 15) is 14.4 Å². The van der Waals surface area contributed by atoms with E-state index in [1.54, 1.807) is 12.3 Å². The Morgan fingerprint density at radius 1 is 1.23 bits per heavy atom. The predicted octanol–water partition coefficient (Wildman–Crippen LogP) is 4.18. The van der Waals surface area contributed by atoms with Gasteiger partial charge in [-0.05, 0) is 76.5 Å². The molecule has 0 spiro atoms. The first-order chi connectivity index (χ1) is 16.5. The maximum absolute atomic E-state index is 13.1. The van der Waals surface area contributed by atoms with Gasteiger partial charge in [-0.3, -0.25) is 4.79 Å². The van der Waals surface area contributed by atoms with Gasteiger partial charge >= 0.3 is 12.1 Å². The maximum atomic E-state index is 13.1. The lowest BCUT2D eigenvalue weighted by atomic mass is 9.81. The number of rotatable bonds is 7. The minimum Gasteiger partial charge on any atom is -0.478 e. The van der Waals surface area contributed by atoms with Gasteiger partial charge in [-0.1, -0.05) is 11.6 Å². The Labute approximate surface area is 211 Å². The average molecular weight is 507 g/mol. The molecule has 3 N–H and O–H groups in total. The summed E-state index contributed by atoms with van der Waals surface area (Å²) < 4.78 is 5.29. The largest absolute Gasteiger partial charge is 0.478 e. The van der Waals surface area contributed by atoms with Gasteiger partial charge in [0.1, 0.15) is 11.4 Å². The molecule has 1 atom stereocenters. The number of likely N-dealkylation sites (tertiary alicyclic amines) is 1. The first-order valence-corrected chi connectivity index (χ1v) is 12.5. The molecule has 0 aromatic carbocycles. The second kappa shape index (κ2) is 11.7. The lowest BCUT2D eigenvalue weighted by Gasteiger charge is -2.31. The van der Waals surface area contributed by atoms with Crippen LogP contribution in [-0.4, -0.2) is 64.2 Å². The number of halogens is 1. The van der Waals surface area contributed by atoms with E-state index in [0.29, 0.717) is 42.0 Å². The SMILES string of the molecule is CC(C)(C)OC(=O)NCC1CCC(C(=O)N2CC[C@@H](Nc3ncc(C=CC(=O)O)cc3Cl)C2)CC1. The second-order valence-electron chi connectivity index (χ2n) is 10.3. The smallest absolute Gasteiger partial charge is 0.407 e. The summed E-state index contributed by atoms with van der Waals surface area (Å²) in [6, 6.07) is 1.71. The van der Waals surface area contributed by atoms with Crippen LogP contribution in [0, 0.1) is 11.8 Å². The molecule has 2 aliphatic rings. The van der Waals surface area contributed by atoms with Gasteiger partial charge in [-0.2, -0.15) is 0 Å². The highest BCUT2D eigenvalue weighted by Crippen LogP contribution is 2.31. The zero-order chi connectivity index (χ0) is 25.6. The van der Waals surface area contributed by atoms with Crippen LogP contribution in [0.1, 0.15) is 58.4 Å². The molecule has 1 saturated heterocycles. The van der Waals surface area contributed by atoms with E-state index in [1.807, 2.05) is 25.7 Å². The van der Waals surface area contributed by atoms with Crippen LogP contribution in [-0.2, 0) is 14.3 Å². The third-order valence-electron chi connectivity index (χ3n) is 6.25. The molecule has 2 amide bonds. The number of carboxylic acid groups (broad SMARTS) is 1. The number of anilines is 1. The van der Waals surface area contributed by atoms with Gasteiger partial charge in [0, 0.05) is 43.9 Å². The van der Waals surface area contributed by atoms with Gasteiger partial charge < -0.3 is 25.4 Å². The molecule has 1 aliphatic heterocycles. The molecule has 0 radical (unpaired) electrons. The van der Waals surface area contributed by atoms with Gasteiger partial charge in [0.25, 0.3) is 0 Å². The van der Waals surface area contributed by atoms with Crippen molar-refractivity contribution < 1.29 is 24.2 Å². The molecular weight excluding hydrogens is 472 g/mol. The number of carbonyl (C=O) groups is 3. The van der Waals surface area contributed by atoms with E-state index in [4.69, 9.17) is 21.4 Å². The first-order valence-electron chi connectivity index (χ1n) is 12.1. The molecule has 1 aromatic heterocycles. The van der Waals surface area contributed by atoms with Crippen LogP contribution in [0.25, 0.3) is 6.08 Å². The van der Waals surface area contributed by atoms with Gasteiger partial charge in [0.2, 0.25) is 5.91 Å². The van der Waals surface area contributed by atoms with E-state index < -0.39 is 17.7 Å². The summed E-state index contributed by atoms with van der Waals surface area (Å²) >= 11 is 6.31. The number of amides is 2. The second-order valence-corrected chi connectivity index (χ2v) is 10.7. The Bertz CT molecular complexity index is 954. The lowest BCUT2D eigenvalue weighted by Crippen LogP contribution is -2.39. The van der Waals surface area contributed by atoms with Crippen molar-refractivity contribution in [2.45, 2.75) is 64.5 Å². The third-order valence-corrected chi connectivity index (χ3v) is 6.54. The summed E-state index contributed by atoms with van der Waals surface area (Å²) in [5, 5.41) is 15.3. The Morgan fingerprint density at radius 3 is 2.57 bits per heavy atom. The minimum atomic E-state index is -1.04. The van der Waals surface area contributed by atoms with E-state index in [0.717, 1.165) is 38.2 Å². The summed E-state index contributed by atoms with van der Waals surface area (Å²) in [6.45, 7) is 7.37. The Balaban J connectivity index is 1.42. The molecule has 1 saturated carbocycles. The Hall–Kier alpha value is -2.81. The molecule has 35 heavy (non-hydrogen) atoms. The van der Waals surface area contributed by atoms with Crippen LogP contribution in [0.3, 0.4) is 0 Å². The highest BCUT2D eigenvalue weighted by molar-refractivity contribution is 6.33. The third kappa shape index (κ3) is 8.42. The van der Waals surface area contributed by atoms with Crippen molar-refractivity contribution in [3.05, 3.63) is 28.9 Å². The number of pyridine rings is 1. The number of aliphatic carboxylic acids is 1. The molecule has 2 fully saturated rings. The monoisotopic (exact) mass is 506 g/mol. The molecule has 2 heterocycles. The zero-order valence-electron chi connectivity index (χ0n) is 20.6. The fourth-order valence-corrected chi connectivity index (χ4v) is 4.73. The van der Waals surface area contributed by atoms with Crippen LogP contribution in [0.15, 0.2) is 18.3 Å². The van der Waals surface area contributed by atoms with E-state index in [-0.39, 0.29) is 17.9 Å². The van der Waals surface area contributed by atoms with Gasteiger partial charge in [-0.15, -0.1) is 0 Å². The van der Waals surface area contributed by atoms with Gasteiger partial charge in [-0.25, -0.2) is 14.6 Å². The summed E-state index contributed by atoms with van der Waals surface area (Å²) in [4.78, 5) is 41.8. The number of nitrogens with one attached hydrogen (secondary N) is 2. The molecule has 3 rings (SSSR count). The van der Waals surface area contributed by atoms with Gasteiger partial charge in [0.15, 0.2) is 0 Å². The molecular formula is C25H35ClN4O5. The fraction of sp³-hybridized carbons (Fsp3) is 0.600. The molecule has 192 valence electrons. The maximum Gasteiger partial charge on any atom is 0.407 e. The number of alkyl carbamates (subject to hydrolysis) is 1. The van der Waals surface area contributed by atoms with Crippen molar-refractivity contribution in [1.82, 2.24) is 15.2 Å². The number of hydrogen-bond acceptors (Lipinski definition) is 6. The summed E-state index contributed by atoms with van der Waals surface area (Å²) in [7, 11) is 0. The Morgan fingerprint density at radius 2 is 1.94 bits per heavy atom. The normalized spacial score (nSPS) is 22.7. The van der Waals surface area contributed by atoms with Crippen molar-refractivity contribution in [1.29, 1.82) is 0 Å². The van der Waals surface area contributed by atoms with Crippen molar-refractivity contribution in [2.75, 3.05) is 25.0 Å². The van der Waals surface area contributed by atoms with Crippen LogP contribution in [0.2, 0.25) is 5.02 Å². The number of aromatic nitrogens is 1. The predicted molar refractivity (Wildman–Crippen MR) is 134 cm³/mol. The number of carboxylic acids is 1. The first kappa shape index (κ1) is 26.8. The fourth-order valence-electron chi connectivity index (χ4n) is 4.50. The molecule has 1 aliphatic carbocycles. The molecule has 1 aromatic rings. The van der Waals surface area contributed by atoms with Crippen LogP contribution < -0.4 is 10.6 Å². The number of hydrogen-bond donors (Lipinski definition) is 3. The number of ether oxygens (including phenoxy) is 1. The molecule has 0 bridgehead atoms. The number of nitrogens with zero attached hydrogens (tertiary/aromatic N) is 2. The standard InChI is InChI=1S/C25H35ClN4O5/c1-25(2,3)35-24(34)28-13-16-4-7-18(8-5-16)23(33)30-11-10-19(15-30)29-22-20(26)12-17(14-27-22)6-9-21(31)32/h6,9,12,14,16,18-19H,4-5,7-8,10-11,13,15H2,1-3H3,(H,27,29)(H,28,34)(H,31,32)/t16?,18?,19-/m1/s1. The van der Waals surface area contributed by atoms with Crippen molar-refractivity contribution in [3.63, 3.8) is 0 Å². The van der Waals surface area contributed by atoms with E-state index in [2.05, 4.69) is 15.6 Å².